The number of nitrogens with zero attached hydrogens (tertiary/aromatic N) is 4. The molecule has 4 rings (SSSR count). The van der Waals surface area contributed by atoms with Crippen LogP contribution in [-0.4, -0.2) is 39.3 Å². The van der Waals surface area contributed by atoms with Crippen LogP contribution in [0, 0.1) is 11.6 Å². The van der Waals surface area contributed by atoms with E-state index >= 15 is 4.39 Å². The number of thiol groups is 1. The van der Waals surface area contributed by atoms with Crippen LogP contribution in [0.1, 0.15) is 23.0 Å². The monoisotopic (exact) mass is 556 g/mol. The van der Waals surface area contributed by atoms with Crippen LogP contribution in [-0.2, 0) is 10.9 Å². The van der Waals surface area contributed by atoms with E-state index in [0.29, 0.717) is 17.8 Å². The fourth-order valence-electron chi connectivity index (χ4n) is 3.61. The van der Waals surface area contributed by atoms with Crippen molar-refractivity contribution in [2.75, 3.05) is 19.1 Å². The Bertz CT molecular complexity index is 1530. The van der Waals surface area contributed by atoms with Crippen LogP contribution in [0.4, 0.5) is 33.3 Å². The maximum atomic E-state index is 15.6. The second-order valence-electron chi connectivity index (χ2n) is 7.77. The molecule has 3 heterocycles. The van der Waals surface area contributed by atoms with E-state index < -0.39 is 56.3 Å². The van der Waals surface area contributed by atoms with Gasteiger partial charge in [-0.05, 0) is 25.1 Å². The Morgan fingerprint density at radius 2 is 1.95 bits per heavy atom. The van der Waals surface area contributed by atoms with Crippen molar-refractivity contribution in [3.63, 3.8) is 0 Å². The zero-order chi connectivity index (χ0) is 27.8. The first-order valence-electron chi connectivity index (χ1n) is 10.7. The smallest absolute Gasteiger partial charge is 0.418 e. The lowest BCUT2D eigenvalue weighted by Crippen LogP contribution is -2.42. The highest BCUT2D eigenvalue weighted by atomic mass is 32.1. The number of esters is 1. The SMILES string of the molecule is CCOC(=O)c1ncn2cc(-c3c(F)ccc(N[N+](O)(S)c4cc(C(F)(F)F)cnc4OC)c3F)ccc12. The quantitative estimate of drug-likeness (QED) is 0.0916. The average Bonchev–Trinajstić information content (AvgIpc) is 3.28. The summed E-state index contributed by atoms with van der Waals surface area (Å²) >= 11 is 3.91. The van der Waals surface area contributed by atoms with Crippen LogP contribution >= 0.6 is 12.8 Å². The summed E-state index contributed by atoms with van der Waals surface area (Å²) in [6, 6.07) is 5.08. The summed E-state index contributed by atoms with van der Waals surface area (Å²) in [5, 5.41) is 10.8. The number of alkyl halides is 3. The number of carbonyl (C=O) groups excluding carboxylic acids is 1. The van der Waals surface area contributed by atoms with Crippen LogP contribution in [0.2, 0.25) is 0 Å². The van der Waals surface area contributed by atoms with Crippen molar-refractivity contribution in [1.82, 2.24) is 18.5 Å². The van der Waals surface area contributed by atoms with E-state index in [1.54, 1.807) is 6.92 Å². The molecule has 0 amide bonds. The zero-order valence-electron chi connectivity index (χ0n) is 19.6. The topological polar surface area (TPSA) is 98.0 Å². The van der Waals surface area contributed by atoms with Crippen molar-refractivity contribution in [2.24, 2.45) is 0 Å². The van der Waals surface area contributed by atoms with Crippen molar-refractivity contribution in [1.29, 1.82) is 0 Å². The van der Waals surface area contributed by atoms with Gasteiger partial charge in [-0.15, -0.1) is 0 Å². The number of benzene rings is 1. The van der Waals surface area contributed by atoms with E-state index in [-0.39, 0.29) is 17.9 Å². The van der Waals surface area contributed by atoms with E-state index in [1.807, 2.05) is 0 Å². The van der Waals surface area contributed by atoms with Gasteiger partial charge in [0.05, 0.1) is 30.4 Å². The molecule has 0 bridgehead atoms. The lowest BCUT2D eigenvalue weighted by Gasteiger charge is -2.25. The highest BCUT2D eigenvalue weighted by Gasteiger charge is 2.39. The van der Waals surface area contributed by atoms with Gasteiger partial charge in [-0.25, -0.2) is 23.5 Å². The summed E-state index contributed by atoms with van der Waals surface area (Å²) in [6.07, 6.45) is -1.74. The summed E-state index contributed by atoms with van der Waals surface area (Å²) in [5.41, 5.74) is -0.328. The van der Waals surface area contributed by atoms with Crippen molar-refractivity contribution in [2.45, 2.75) is 13.1 Å². The molecule has 1 atom stereocenters. The van der Waals surface area contributed by atoms with E-state index in [2.05, 4.69) is 28.2 Å². The number of quaternary nitrogens is 1. The largest absolute Gasteiger partial charge is 0.477 e. The van der Waals surface area contributed by atoms with Gasteiger partial charge in [-0.3, -0.25) is 0 Å². The van der Waals surface area contributed by atoms with Gasteiger partial charge in [-0.1, -0.05) is 6.07 Å². The van der Waals surface area contributed by atoms with Crippen LogP contribution in [0.15, 0.2) is 49.1 Å². The number of fused-ring (bicyclic) bond motifs is 1. The third kappa shape index (κ3) is 5.07. The number of aromatic nitrogens is 3. The summed E-state index contributed by atoms with van der Waals surface area (Å²) in [6.45, 7) is 1.76. The molecule has 0 spiro atoms. The molecule has 9 nitrogen and oxygen atoms in total. The van der Waals surface area contributed by atoms with Gasteiger partial charge in [0.2, 0.25) is 0 Å². The van der Waals surface area contributed by atoms with E-state index in [0.717, 1.165) is 19.2 Å². The Labute approximate surface area is 217 Å². The number of hydrogen-bond donors (Lipinski definition) is 3. The Kier molecular flexibility index (Phi) is 7.18. The molecule has 0 saturated heterocycles. The molecule has 0 fully saturated rings. The first-order valence-corrected chi connectivity index (χ1v) is 11.1. The number of rotatable bonds is 7. The molecule has 200 valence electrons. The van der Waals surface area contributed by atoms with Gasteiger partial charge in [0, 0.05) is 28.2 Å². The van der Waals surface area contributed by atoms with Crippen LogP contribution in [0.5, 0.6) is 5.88 Å². The summed E-state index contributed by atoms with van der Waals surface area (Å²) < 4.78 is 79.4. The van der Waals surface area contributed by atoms with E-state index in [1.165, 1.54) is 29.1 Å². The third-order valence-electron chi connectivity index (χ3n) is 5.34. The Hall–Kier alpha value is -3.95. The number of anilines is 1. The van der Waals surface area contributed by atoms with E-state index in [4.69, 9.17) is 9.47 Å². The number of methoxy groups -OCH3 is 1. The number of halogens is 5. The minimum Gasteiger partial charge on any atom is -0.477 e. The zero-order valence-corrected chi connectivity index (χ0v) is 20.5. The standard InChI is InChI=1S/C23H19F5N5O4S/c1-3-37-22(34)20-16-7-4-12(10-32(16)11-30-20)18-14(24)5-6-15(19(18)25)31-33(35,38)17-8-13(23(26,27)28)9-29-21(17)36-2/h4-11,31,35,38H,3H2,1-2H3/q+1. The first kappa shape index (κ1) is 27.1. The predicted molar refractivity (Wildman–Crippen MR) is 128 cm³/mol. The normalized spacial score (nSPS) is 13.3. The van der Waals surface area contributed by atoms with Crippen molar-refractivity contribution in [3.8, 4) is 17.0 Å². The lowest BCUT2D eigenvalue weighted by atomic mass is 10.0. The number of carbonyl (C=O) groups is 1. The molecule has 2 N–H and O–H groups in total. The Morgan fingerprint density at radius 1 is 1.21 bits per heavy atom. The van der Waals surface area contributed by atoms with Gasteiger partial charge >= 0.3 is 12.1 Å². The molecule has 15 heteroatoms. The molecule has 0 aliphatic heterocycles. The van der Waals surface area contributed by atoms with Gasteiger partial charge < -0.3 is 13.9 Å². The first-order chi connectivity index (χ1) is 17.9. The maximum absolute atomic E-state index is 15.6. The predicted octanol–water partition coefficient (Wildman–Crippen LogP) is 5.45. The highest BCUT2D eigenvalue weighted by molar-refractivity contribution is 7.79. The van der Waals surface area contributed by atoms with Gasteiger partial charge in [0.25, 0.3) is 11.6 Å². The number of hydrogen-bond acceptors (Lipinski definition) is 8. The average molecular weight is 556 g/mol. The maximum Gasteiger partial charge on any atom is 0.418 e. The van der Waals surface area contributed by atoms with Gasteiger partial charge in [0.1, 0.15) is 30.6 Å². The number of ether oxygens (including phenoxy) is 2. The molecule has 3 aromatic heterocycles. The van der Waals surface area contributed by atoms with Crippen LogP contribution in [0.25, 0.3) is 16.6 Å². The molecule has 4 aromatic rings. The molecule has 38 heavy (non-hydrogen) atoms. The molecule has 1 unspecified atom stereocenters. The Balaban J connectivity index is 1.74. The highest BCUT2D eigenvalue weighted by Crippen LogP contribution is 2.39. The summed E-state index contributed by atoms with van der Waals surface area (Å²) in [7, 11) is 1.10. The lowest BCUT2D eigenvalue weighted by molar-refractivity contribution is -0.137. The van der Waals surface area contributed by atoms with Crippen LogP contribution < -0.4 is 14.3 Å². The molecular weight excluding hydrogens is 537 g/mol. The molecule has 0 aliphatic rings. The van der Waals surface area contributed by atoms with Crippen LogP contribution in [0.3, 0.4) is 0 Å². The number of nitrogens with one attached hydrogen (secondary N) is 1. The second kappa shape index (κ2) is 10.1. The minimum atomic E-state index is -4.81. The van der Waals surface area contributed by atoms with Gasteiger partial charge in [-0.2, -0.15) is 23.8 Å². The fraction of sp³-hybridized carbons (Fsp3) is 0.174. The van der Waals surface area contributed by atoms with Crippen molar-refractivity contribution < 1.29 is 41.4 Å². The van der Waals surface area contributed by atoms with Gasteiger partial charge in [0.15, 0.2) is 11.5 Å². The van der Waals surface area contributed by atoms with E-state index in [9.17, 15) is 27.6 Å². The molecule has 0 radical (unpaired) electrons. The summed E-state index contributed by atoms with van der Waals surface area (Å²) in [5.74, 6) is -3.28. The number of pyridine rings is 2. The molecule has 0 saturated carbocycles. The van der Waals surface area contributed by atoms with Crippen molar-refractivity contribution in [3.05, 3.63) is 71.9 Å². The summed E-state index contributed by atoms with van der Waals surface area (Å²) in [4.78, 5) is 19.6. The third-order valence-corrected chi connectivity index (χ3v) is 5.66. The Morgan fingerprint density at radius 3 is 2.61 bits per heavy atom. The molecular formula is C23H19F5N5O4S+. The minimum absolute atomic E-state index is 0.0100. The fourth-order valence-corrected chi connectivity index (χ4v) is 3.86. The van der Waals surface area contributed by atoms with Crippen molar-refractivity contribution >= 4 is 35.7 Å². The second-order valence-corrected chi connectivity index (χ2v) is 8.35. The molecule has 1 aromatic carbocycles. The number of imidazole rings is 1. The molecule has 0 aliphatic carbocycles.